The number of ether oxygens (including phenoxy) is 2. The van der Waals surface area contributed by atoms with Crippen molar-refractivity contribution in [2.45, 2.75) is 24.5 Å². The first kappa shape index (κ1) is 19.9. The highest BCUT2D eigenvalue weighted by Gasteiger charge is 2.50. The maximum Gasteiger partial charge on any atom is 0.247 e. The van der Waals surface area contributed by atoms with E-state index in [1.807, 2.05) is 42.5 Å². The molecule has 2 aromatic rings. The van der Waals surface area contributed by atoms with Gasteiger partial charge in [-0.3, -0.25) is 9.69 Å². The number of nitrogens with zero attached hydrogens (tertiary/aromatic N) is 2. The van der Waals surface area contributed by atoms with Gasteiger partial charge >= 0.3 is 0 Å². The number of nitrogens with one attached hydrogen (secondary N) is 1. The van der Waals surface area contributed by atoms with Crippen molar-refractivity contribution in [1.29, 1.82) is 0 Å². The molecule has 29 heavy (non-hydrogen) atoms. The first-order valence-electron chi connectivity index (χ1n) is 9.96. The lowest BCUT2D eigenvalue weighted by Gasteiger charge is -2.44. The van der Waals surface area contributed by atoms with Crippen LogP contribution in [0, 0.1) is 0 Å². The minimum Gasteiger partial charge on any atom is -0.486 e. The predicted octanol–water partition coefficient (Wildman–Crippen LogP) is 2.68. The van der Waals surface area contributed by atoms with E-state index in [4.69, 9.17) is 9.47 Å². The van der Waals surface area contributed by atoms with Crippen molar-refractivity contribution in [2.75, 3.05) is 37.8 Å². The van der Waals surface area contributed by atoms with Crippen LogP contribution in [0.4, 0.5) is 5.69 Å². The van der Waals surface area contributed by atoms with Crippen molar-refractivity contribution in [3.63, 3.8) is 0 Å². The Balaban J connectivity index is 0.00000205. The van der Waals surface area contributed by atoms with Crippen LogP contribution in [0.2, 0.25) is 0 Å². The molecule has 1 amide bonds. The molecular weight excluding hydrogens is 390 g/mol. The van der Waals surface area contributed by atoms with Gasteiger partial charge < -0.3 is 19.7 Å². The number of para-hydroxylation sites is 3. The number of hydrogen-bond acceptors (Lipinski definition) is 5. The molecular formula is C22H26ClN3O3. The van der Waals surface area contributed by atoms with Crippen molar-refractivity contribution in [2.24, 2.45) is 0 Å². The zero-order chi connectivity index (χ0) is 19.0. The Morgan fingerprint density at radius 1 is 1.00 bits per heavy atom. The number of hydrogen-bond donors (Lipinski definition) is 1. The SMILES string of the molecule is Cl.O=C1NCN(c2ccccc2)C12CCN(CC1COc3ccccc3O1)CC2. The fourth-order valence-corrected chi connectivity index (χ4v) is 4.58. The van der Waals surface area contributed by atoms with Gasteiger partial charge in [0.05, 0.1) is 6.67 Å². The fraction of sp³-hybridized carbons (Fsp3) is 0.409. The molecule has 0 bridgehead atoms. The molecule has 5 rings (SSSR count). The van der Waals surface area contributed by atoms with Gasteiger partial charge in [0.25, 0.3) is 0 Å². The van der Waals surface area contributed by atoms with Crippen LogP contribution in [0.5, 0.6) is 11.5 Å². The lowest BCUT2D eigenvalue weighted by molar-refractivity contribution is -0.125. The molecule has 3 aliphatic rings. The summed E-state index contributed by atoms with van der Waals surface area (Å²) in [4.78, 5) is 17.4. The van der Waals surface area contributed by atoms with Crippen LogP contribution in [-0.4, -0.2) is 55.4 Å². The molecule has 0 aromatic heterocycles. The summed E-state index contributed by atoms with van der Waals surface area (Å²) in [6.07, 6.45) is 1.65. The number of benzene rings is 2. The van der Waals surface area contributed by atoms with Crippen LogP contribution in [0.1, 0.15) is 12.8 Å². The molecule has 7 heteroatoms. The van der Waals surface area contributed by atoms with Gasteiger partial charge in [0.15, 0.2) is 11.5 Å². The quantitative estimate of drug-likeness (QED) is 0.835. The largest absolute Gasteiger partial charge is 0.486 e. The molecule has 0 saturated carbocycles. The molecule has 0 radical (unpaired) electrons. The molecule has 1 atom stereocenters. The smallest absolute Gasteiger partial charge is 0.247 e. The minimum absolute atomic E-state index is 0. The Hall–Kier alpha value is -2.44. The lowest BCUT2D eigenvalue weighted by Crippen LogP contribution is -2.57. The van der Waals surface area contributed by atoms with E-state index in [9.17, 15) is 4.79 Å². The molecule has 1 spiro atoms. The summed E-state index contributed by atoms with van der Waals surface area (Å²) in [6, 6.07) is 18.0. The third-order valence-electron chi connectivity index (χ3n) is 6.12. The number of halogens is 1. The Labute approximate surface area is 177 Å². The van der Waals surface area contributed by atoms with Crippen LogP contribution >= 0.6 is 12.4 Å². The number of carbonyl (C=O) groups is 1. The average molecular weight is 416 g/mol. The number of piperidine rings is 1. The summed E-state index contributed by atoms with van der Waals surface area (Å²) in [7, 11) is 0. The highest BCUT2D eigenvalue weighted by Crippen LogP contribution is 2.37. The van der Waals surface area contributed by atoms with E-state index in [2.05, 4.69) is 27.2 Å². The maximum absolute atomic E-state index is 12.8. The second-order valence-corrected chi connectivity index (χ2v) is 7.76. The molecule has 3 aliphatic heterocycles. The standard InChI is InChI=1S/C22H25N3O3.ClH/c26-21-22(25(16-23-21)17-6-2-1-3-7-17)10-12-24(13-11-22)14-18-15-27-19-8-4-5-9-20(19)28-18;/h1-9,18H,10-16H2,(H,23,26);1H. The van der Waals surface area contributed by atoms with Crippen LogP contribution in [0.25, 0.3) is 0 Å². The lowest BCUT2D eigenvalue weighted by atomic mass is 9.85. The van der Waals surface area contributed by atoms with Gasteiger partial charge in [0.2, 0.25) is 5.91 Å². The molecule has 0 aliphatic carbocycles. The molecule has 1 N–H and O–H groups in total. The molecule has 2 saturated heterocycles. The number of anilines is 1. The first-order chi connectivity index (χ1) is 13.7. The molecule has 6 nitrogen and oxygen atoms in total. The Kier molecular flexibility index (Phi) is 5.56. The van der Waals surface area contributed by atoms with E-state index in [0.29, 0.717) is 13.3 Å². The summed E-state index contributed by atoms with van der Waals surface area (Å²) < 4.78 is 11.9. The minimum atomic E-state index is -0.436. The molecule has 2 fully saturated rings. The molecule has 3 heterocycles. The summed E-state index contributed by atoms with van der Waals surface area (Å²) in [5.41, 5.74) is 0.670. The normalized spacial score (nSPS) is 22.8. The van der Waals surface area contributed by atoms with E-state index in [-0.39, 0.29) is 24.4 Å². The van der Waals surface area contributed by atoms with Crippen LogP contribution in [-0.2, 0) is 4.79 Å². The molecule has 1 unspecified atom stereocenters. The van der Waals surface area contributed by atoms with Crippen LogP contribution in [0.15, 0.2) is 54.6 Å². The second kappa shape index (κ2) is 8.13. The maximum atomic E-state index is 12.8. The van der Waals surface area contributed by atoms with Crippen molar-refractivity contribution < 1.29 is 14.3 Å². The molecule has 2 aromatic carbocycles. The number of rotatable bonds is 3. The Bertz CT molecular complexity index is 855. The summed E-state index contributed by atoms with van der Waals surface area (Å²) in [5.74, 6) is 1.79. The molecule has 154 valence electrons. The van der Waals surface area contributed by atoms with Gasteiger partial charge in [-0.15, -0.1) is 12.4 Å². The van der Waals surface area contributed by atoms with Gasteiger partial charge in [-0.25, -0.2) is 0 Å². The third kappa shape index (κ3) is 3.63. The van der Waals surface area contributed by atoms with Gasteiger partial charge in [-0.2, -0.15) is 0 Å². The second-order valence-electron chi connectivity index (χ2n) is 7.76. The number of amides is 1. The predicted molar refractivity (Wildman–Crippen MR) is 114 cm³/mol. The van der Waals surface area contributed by atoms with Gasteiger partial charge in [0, 0.05) is 25.3 Å². The Morgan fingerprint density at radius 3 is 2.45 bits per heavy atom. The van der Waals surface area contributed by atoms with E-state index in [0.717, 1.165) is 49.7 Å². The number of fused-ring (bicyclic) bond motifs is 1. The highest BCUT2D eigenvalue weighted by molar-refractivity contribution is 5.93. The Morgan fingerprint density at radius 2 is 1.69 bits per heavy atom. The van der Waals surface area contributed by atoms with E-state index in [1.165, 1.54) is 0 Å². The average Bonchev–Trinajstić information content (AvgIpc) is 3.06. The van der Waals surface area contributed by atoms with Crippen molar-refractivity contribution in [3.8, 4) is 11.5 Å². The summed E-state index contributed by atoms with van der Waals surface area (Å²) in [6.45, 7) is 3.71. The number of carbonyl (C=O) groups excluding carboxylic acids is 1. The fourth-order valence-electron chi connectivity index (χ4n) is 4.58. The van der Waals surface area contributed by atoms with E-state index >= 15 is 0 Å². The van der Waals surface area contributed by atoms with Crippen LogP contribution in [0.3, 0.4) is 0 Å². The topological polar surface area (TPSA) is 54.0 Å². The van der Waals surface area contributed by atoms with Gasteiger partial charge in [-0.1, -0.05) is 30.3 Å². The zero-order valence-corrected chi connectivity index (χ0v) is 17.1. The van der Waals surface area contributed by atoms with Crippen molar-refractivity contribution in [3.05, 3.63) is 54.6 Å². The highest BCUT2D eigenvalue weighted by atomic mass is 35.5. The van der Waals surface area contributed by atoms with Gasteiger partial charge in [0.1, 0.15) is 18.2 Å². The van der Waals surface area contributed by atoms with Crippen molar-refractivity contribution in [1.82, 2.24) is 10.2 Å². The van der Waals surface area contributed by atoms with E-state index < -0.39 is 5.54 Å². The van der Waals surface area contributed by atoms with Crippen molar-refractivity contribution >= 4 is 24.0 Å². The first-order valence-corrected chi connectivity index (χ1v) is 9.96. The number of likely N-dealkylation sites (tertiary alicyclic amines) is 1. The van der Waals surface area contributed by atoms with Crippen LogP contribution < -0.4 is 19.7 Å². The third-order valence-corrected chi connectivity index (χ3v) is 6.12. The summed E-state index contributed by atoms with van der Waals surface area (Å²) in [5, 5.41) is 3.06. The van der Waals surface area contributed by atoms with E-state index in [1.54, 1.807) is 0 Å². The monoisotopic (exact) mass is 415 g/mol. The summed E-state index contributed by atoms with van der Waals surface area (Å²) >= 11 is 0. The zero-order valence-electron chi connectivity index (χ0n) is 16.3. The van der Waals surface area contributed by atoms with Gasteiger partial charge in [-0.05, 0) is 37.1 Å².